The zero-order valence-electron chi connectivity index (χ0n) is 7.82. The monoisotopic (exact) mass is 248 g/mol. The SMILES string of the molecule is O=C(O)C(Cl)COCc1ccccc1Cl. The second-order valence-corrected chi connectivity index (χ2v) is 3.85. The zero-order chi connectivity index (χ0) is 11.3. The van der Waals surface area contributed by atoms with E-state index in [2.05, 4.69) is 0 Å². The van der Waals surface area contributed by atoms with E-state index in [1.807, 2.05) is 18.2 Å². The lowest BCUT2D eigenvalue weighted by molar-refractivity contribution is -0.137. The van der Waals surface area contributed by atoms with E-state index in [0.717, 1.165) is 5.56 Å². The van der Waals surface area contributed by atoms with Gasteiger partial charge in [-0.25, -0.2) is 0 Å². The highest BCUT2D eigenvalue weighted by molar-refractivity contribution is 6.31. The fourth-order valence-electron chi connectivity index (χ4n) is 0.959. The van der Waals surface area contributed by atoms with Crippen LogP contribution in [0.15, 0.2) is 24.3 Å². The molecule has 0 heterocycles. The molecule has 0 radical (unpaired) electrons. The quantitative estimate of drug-likeness (QED) is 0.815. The number of hydrogen-bond acceptors (Lipinski definition) is 2. The fraction of sp³-hybridized carbons (Fsp3) is 0.300. The van der Waals surface area contributed by atoms with Gasteiger partial charge in [0, 0.05) is 5.02 Å². The van der Waals surface area contributed by atoms with Crippen LogP contribution >= 0.6 is 23.2 Å². The molecular weight excluding hydrogens is 239 g/mol. The van der Waals surface area contributed by atoms with Gasteiger partial charge in [-0.2, -0.15) is 0 Å². The number of rotatable bonds is 5. The minimum atomic E-state index is -1.09. The third-order valence-electron chi connectivity index (χ3n) is 1.75. The van der Waals surface area contributed by atoms with Crippen LogP contribution in [0.5, 0.6) is 0 Å². The van der Waals surface area contributed by atoms with Crippen molar-refractivity contribution < 1.29 is 14.6 Å². The van der Waals surface area contributed by atoms with Gasteiger partial charge in [-0.05, 0) is 11.6 Å². The van der Waals surface area contributed by atoms with Crippen molar-refractivity contribution in [2.75, 3.05) is 6.61 Å². The molecule has 0 amide bonds. The predicted octanol–water partition coefficient (Wildman–Crippen LogP) is 2.55. The minimum absolute atomic E-state index is 0.0396. The van der Waals surface area contributed by atoms with Crippen LogP contribution in [0.25, 0.3) is 0 Å². The van der Waals surface area contributed by atoms with Gasteiger partial charge >= 0.3 is 5.97 Å². The lowest BCUT2D eigenvalue weighted by Crippen LogP contribution is -2.19. The molecule has 0 bridgehead atoms. The smallest absolute Gasteiger partial charge is 0.324 e. The van der Waals surface area contributed by atoms with Crippen molar-refractivity contribution in [3.8, 4) is 0 Å². The molecular formula is C10H10Cl2O3. The van der Waals surface area contributed by atoms with Crippen LogP contribution in [0.4, 0.5) is 0 Å². The average molecular weight is 249 g/mol. The Morgan fingerprint density at radius 1 is 1.47 bits per heavy atom. The van der Waals surface area contributed by atoms with Crippen LogP contribution < -0.4 is 0 Å². The summed E-state index contributed by atoms with van der Waals surface area (Å²) < 4.78 is 5.13. The Morgan fingerprint density at radius 2 is 2.13 bits per heavy atom. The second kappa shape index (κ2) is 5.95. The zero-order valence-corrected chi connectivity index (χ0v) is 9.33. The topological polar surface area (TPSA) is 46.5 Å². The van der Waals surface area contributed by atoms with Crippen molar-refractivity contribution in [3.63, 3.8) is 0 Å². The van der Waals surface area contributed by atoms with E-state index in [4.69, 9.17) is 33.0 Å². The summed E-state index contributed by atoms with van der Waals surface area (Å²) in [5, 5.41) is 8.07. The maximum atomic E-state index is 10.4. The van der Waals surface area contributed by atoms with E-state index >= 15 is 0 Å². The summed E-state index contributed by atoms with van der Waals surface area (Å²) >= 11 is 11.3. The maximum Gasteiger partial charge on any atom is 0.324 e. The fourth-order valence-corrected chi connectivity index (χ4v) is 1.24. The molecule has 1 N–H and O–H groups in total. The summed E-state index contributed by atoms with van der Waals surface area (Å²) in [6, 6.07) is 7.20. The van der Waals surface area contributed by atoms with Crippen LogP contribution in [0, 0.1) is 0 Å². The first-order valence-corrected chi connectivity index (χ1v) is 5.10. The Hall–Kier alpha value is -0.770. The first-order valence-electron chi connectivity index (χ1n) is 4.29. The molecule has 15 heavy (non-hydrogen) atoms. The van der Waals surface area contributed by atoms with E-state index in [9.17, 15) is 4.79 Å². The number of ether oxygens (including phenoxy) is 1. The highest BCUT2D eigenvalue weighted by atomic mass is 35.5. The molecule has 1 rings (SSSR count). The van der Waals surface area contributed by atoms with Crippen molar-refractivity contribution in [2.24, 2.45) is 0 Å². The molecule has 0 spiro atoms. The first kappa shape index (κ1) is 12.3. The number of hydrogen-bond donors (Lipinski definition) is 1. The molecule has 0 aliphatic rings. The third-order valence-corrected chi connectivity index (χ3v) is 2.43. The maximum absolute atomic E-state index is 10.4. The highest BCUT2D eigenvalue weighted by Crippen LogP contribution is 2.15. The van der Waals surface area contributed by atoms with E-state index < -0.39 is 11.3 Å². The predicted molar refractivity (Wildman–Crippen MR) is 58.4 cm³/mol. The number of aliphatic carboxylic acids is 1. The number of carbonyl (C=O) groups is 1. The van der Waals surface area contributed by atoms with Gasteiger partial charge in [0.1, 0.15) is 0 Å². The van der Waals surface area contributed by atoms with Crippen molar-refractivity contribution in [1.82, 2.24) is 0 Å². The van der Waals surface area contributed by atoms with E-state index in [1.165, 1.54) is 0 Å². The van der Waals surface area contributed by atoms with E-state index in [-0.39, 0.29) is 13.2 Å². The average Bonchev–Trinajstić information content (AvgIpc) is 2.20. The molecule has 1 aromatic carbocycles. The van der Waals surface area contributed by atoms with Crippen molar-refractivity contribution in [2.45, 2.75) is 12.0 Å². The molecule has 3 nitrogen and oxygen atoms in total. The van der Waals surface area contributed by atoms with Gasteiger partial charge < -0.3 is 9.84 Å². The van der Waals surface area contributed by atoms with Crippen molar-refractivity contribution >= 4 is 29.2 Å². The Balaban J connectivity index is 2.38. The highest BCUT2D eigenvalue weighted by Gasteiger charge is 2.13. The molecule has 0 saturated carbocycles. The second-order valence-electron chi connectivity index (χ2n) is 2.91. The van der Waals surface area contributed by atoms with Crippen LogP contribution in [0.2, 0.25) is 5.02 Å². The Labute approximate surface area is 97.6 Å². The summed E-state index contributed by atoms with van der Waals surface area (Å²) in [5.41, 5.74) is 0.813. The summed E-state index contributed by atoms with van der Waals surface area (Å²) in [7, 11) is 0. The van der Waals surface area contributed by atoms with E-state index in [0.29, 0.717) is 5.02 Å². The minimum Gasteiger partial charge on any atom is -0.480 e. The van der Waals surface area contributed by atoms with Gasteiger partial charge in [0.2, 0.25) is 0 Å². The van der Waals surface area contributed by atoms with Gasteiger partial charge in [-0.1, -0.05) is 29.8 Å². The Kier molecular flexibility index (Phi) is 4.88. The van der Waals surface area contributed by atoms with Crippen LogP contribution in [0.3, 0.4) is 0 Å². The van der Waals surface area contributed by atoms with Gasteiger partial charge in [-0.3, -0.25) is 4.79 Å². The summed E-state index contributed by atoms with van der Waals surface area (Å²) in [6.07, 6.45) is 0. The van der Waals surface area contributed by atoms with Crippen molar-refractivity contribution in [3.05, 3.63) is 34.9 Å². The number of carboxylic acid groups (broad SMARTS) is 1. The molecule has 0 fully saturated rings. The summed E-state index contributed by atoms with van der Waals surface area (Å²) in [4.78, 5) is 10.4. The largest absolute Gasteiger partial charge is 0.480 e. The molecule has 0 aliphatic carbocycles. The molecule has 0 aliphatic heterocycles. The lowest BCUT2D eigenvalue weighted by Gasteiger charge is -2.07. The Morgan fingerprint density at radius 3 is 2.73 bits per heavy atom. The standard InChI is InChI=1S/C10H10Cl2O3/c11-8-4-2-1-3-7(8)5-15-6-9(12)10(13)14/h1-4,9H,5-6H2,(H,13,14). The first-order chi connectivity index (χ1) is 7.11. The molecule has 5 heteroatoms. The van der Waals surface area contributed by atoms with Crippen LogP contribution in [-0.4, -0.2) is 23.1 Å². The lowest BCUT2D eigenvalue weighted by atomic mass is 10.2. The molecule has 0 saturated heterocycles. The summed E-state index contributed by atoms with van der Waals surface area (Å²) in [6.45, 7) is 0.221. The molecule has 82 valence electrons. The van der Waals surface area contributed by atoms with Gasteiger partial charge in [0.15, 0.2) is 5.38 Å². The van der Waals surface area contributed by atoms with Gasteiger partial charge in [0.25, 0.3) is 0 Å². The van der Waals surface area contributed by atoms with Crippen molar-refractivity contribution in [1.29, 1.82) is 0 Å². The number of halogens is 2. The van der Waals surface area contributed by atoms with E-state index in [1.54, 1.807) is 6.07 Å². The number of carboxylic acids is 1. The van der Waals surface area contributed by atoms with Crippen LogP contribution in [0.1, 0.15) is 5.56 Å². The summed E-state index contributed by atoms with van der Waals surface area (Å²) in [5.74, 6) is -1.09. The molecule has 1 aromatic rings. The Bertz CT molecular complexity index is 341. The van der Waals surface area contributed by atoms with Crippen LogP contribution in [-0.2, 0) is 16.1 Å². The molecule has 1 atom stereocenters. The number of benzene rings is 1. The number of alkyl halides is 1. The normalized spacial score (nSPS) is 12.4. The molecule has 0 aromatic heterocycles. The molecule has 1 unspecified atom stereocenters. The third kappa shape index (κ3) is 4.08. The van der Waals surface area contributed by atoms with Gasteiger partial charge in [0.05, 0.1) is 13.2 Å². The van der Waals surface area contributed by atoms with Gasteiger partial charge in [-0.15, -0.1) is 11.6 Å².